The Morgan fingerprint density at radius 3 is 1.69 bits per heavy atom. The van der Waals surface area contributed by atoms with E-state index in [1.165, 1.54) is 6.07 Å². The molecule has 182 valence electrons. The molecule has 0 fully saturated rings. The topological polar surface area (TPSA) is 206 Å². The number of alkyl halides is 2. The number of non-ortho nitro benzene ring substituents is 1. The van der Waals surface area contributed by atoms with Gasteiger partial charge in [0.1, 0.15) is 0 Å². The first-order valence-corrected chi connectivity index (χ1v) is 11.0. The lowest BCUT2D eigenvalue weighted by molar-refractivity contribution is -0.404. The van der Waals surface area contributed by atoms with Crippen LogP contribution in [0.1, 0.15) is 20.9 Å². The predicted octanol–water partition coefficient (Wildman–Crippen LogP) is 5.68. The third-order valence-electron chi connectivity index (χ3n) is 4.32. The minimum absolute atomic E-state index is 0.102. The molecule has 14 nitrogen and oxygen atoms in total. The third kappa shape index (κ3) is 6.73. The molecule has 0 saturated heterocycles. The Bertz CT molecular complexity index is 1240. The van der Waals surface area contributed by atoms with Gasteiger partial charge in [-0.15, -0.1) is 0 Å². The lowest BCUT2D eigenvalue weighted by Crippen LogP contribution is -2.04. The molecule has 0 aliphatic heterocycles. The lowest BCUT2D eigenvalue weighted by Gasteiger charge is -2.16. The number of nitro groups is 4. The normalized spacial score (nSPS) is 11.9. The van der Waals surface area contributed by atoms with Crippen LogP contribution in [0.4, 0.5) is 22.7 Å². The third-order valence-corrected chi connectivity index (χ3v) is 7.05. The molecule has 2 unspecified atom stereocenters. The Morgan fingerprint density at radius 1 is 0.714 bits per heavy atom. The zero-order valence-electron chi connectivity index (χ0n) is 17.1. The van der Waals surface area contributed by atoms with Gasteiger partial charge in [0.05, 0.1) is 47.2 Å². The van der Waals surface area contributed by atoms with Gasteiger partial charge < -0.3 is 5.11 Å². The van der Waals surface area contributed by atoms with Crippen LogP contribution in [0.2, 0.25) is 0 Å². The van der Waals surface area contributed by atoms with Crippen molar-refractivity contribution in [2.45, 2.75) is 9.65 Å². The van der Waals surface area contributed by atoms with E-state index >= 15 is 0 Å². The monoisotopic (exact) mass is 613 g/mol. The highest BCUT2D eigenvalue weighted by atomic mass is 79.9. The number of hydrogen-bond donors (Lipinski definition) is 1. The summed E-state index contributed by atoms with van der Waals surface area (Å²) in [5.41, 5.74) is -1.45. The van der Waals surface area contributed by atoms with E-state index in [-0.39, 0.29) is 20.3 Å². The van der Waals surface area contributed by atoms with Crippen LogP contribution < -0.4 is 0 Å². The summed E-state index contributed by atoms with van der Waals surface area (Å²) in [5.74, 6) is -1.21. The highest BCUT2D eigenvalue weighted by Crippen LogP contribution is 2.44. The Labute approximate surface area is 212 Å². The van der Waals surface area contributed by atoms with E-state index in [9.17, 15) is 40.5 Å². The molecule has 0 spiro atoms. The molecular weight excluding hydrogens is 602 g/mol. The molecular formula is C19H13Br2N5O9. The first kappa shape index (κ1) is 27.2. The second-order valence-electron chi connectivity index (χ2n) is 6.48. The molecule has 0 radical (unpaired) electrons. The van der Waals surface area contributed by atoms with Crippen molar-refractivity contribution in [3.8, 4) is 5.75 Å². The molecule has 0 bridgehead atoms. The van der Waals surface area contributed by atoms with E-state index in [1.807, 2.05) is 18.2 Å². The number of pyridine rings is 1. The zero-order chi connectivity index (χ0) is 26.3. The molecule has 0 saturated carbocycles. The molecule has 2 atom stereocenters. The van der Waals surface area contributed by atoms with E-state index < -0.39 is 37.6 Å². The van der Waals surface area contributed by atoms with Crippen molar-refractivity contribution in [1.29, 1.82) is 0 Å². The summed E-state index contributed by atoms with van der Waals surface area (Å²) in [5, 5.41) is 51.3. The van der Waals surface area contributed by atoms with Gasteiger partial charge in [-0.1, -0.05) is 56.1 Å². The fraction of sp³-hybridized carbons (Fsp3) is 0.105. The van der Waals surface area contributed by atoms with Crippen molar-refractivity contribution in [2.24, 2.45) is 0 Å². The Kier molecular flexibility index (Phi) is 9.24. The lowest BCUT2D eigenvalue weighted by atomic mass is 10.1. The van der Waals surface area contributed by atoms with Crippen molar-refractivity contribution < 1.29 is 24.8 Å². The van der Waals surface area contributed by atoms with Crippen molar-refractivity contribution in [3.63, 3.8) is 0 Å². The second kappa shape index (κ2) is 11.9. The van der Waals surface area contributed by atoms with E-state index in [1.54, 1.807) is 24.4 Å². The zero-order valence-corrected chi connectivity index (χ0v) is 20.3. The maximum absolute atomic E-state index is 11.0. The molecule has 2 aromatic carbocycles. The molecule has 1 N–H and O–H groups in total. The minimum atomic E-state index is -1.21. The van der Waals surface area contributed by atoms with Crippen LogP contribution in [0.5, 0.6) is 5.75 Å². The highest BCUT2D eigenvalue weighted by Gasteiger charge is 2.30. The average Bonchev–Trinajstić information content (AvgIpc) is 2.83. The maximum Gasteiger partial charge on any atom is 0.324 e. The smallest absolute Gasteiger partial charge is 0.324 e. The maximum atomic E-state index is 11.0. The number of benzene rings is 2. The van der Waals surface area contributed by atoms with Crippen molar-refractivity contribution in [2.75, 3.05) is 0 Å². The molecule has 0 amide bonds. The molecule has 3 aromatic rings. The fourth-order valence-corrected chi connectivity index (χ4v) is 3.92. The molecule has 16 heteroatoms. The number of hydrogen-bond acceptors (Lipinski definition) is 10. The van der Waals surface area contributed by atoms with Crippen LogP contribution in [-0.2, 0) is 0 Å². The average molecular weight is 615 g/mol. The first-order chi connectivity index (χ1) is 16.5. The predicted molar refractivity (Wildman–Crippen MR) is 129 cm³/mol. The molecule has 3 rings (SSSR count). The Morgan fingerprint density at radius 2 is 1.23 bits per heavy atom. The molecule has 35 heavy (non-hydrogen) atoms. The van der Waals surface area contributed by atoms with Crippen LogP contribution in [0.15, 0.2) is 60.8 Å². The molecule has 0 aliphatic carbocycles. The van der Waals surface area contributed by atoms with Gasteiger partial charge in [-0.2, -0.15) is 0 Å². The van der Waals surface area contributed by atoms with Crippen LogP contribution in [0, 0.1) is 40.5 Å². The van der Waals surface area contributed by atoms with Crippen LogP contribution >= 0.6 is 31.9 Å². The van der Waals surface area contributed by atoms with Gasteiger partial charge in [-0.25, -0.2) is 0 Å². The number of nitrogens with zero attached hydrogens (tertiary/aromatic N) is 5. The van der Waals surface area contributed by atoms with E-state index in [4.69, 9.17) is 5.11 Å². The first-order valence-electron chi connectivity index (χ1n) is 9.18. The number of rotatable bonds is 7. The van der Waals surface area contributed by atoms with Crippen LogP contribution in [0.25, 0.3) is 0 Å². The SMILES string of the molecule is O=[N+]([O-])c1cc([N+](=O)[O-])c(O)c([N+](=O)[O-])c1.O=[N+]([O-])c1ccccc1C(Br)C(Br)c1ccccn1. The van der Waals surface area contributed by atoms with Crippen molar-refractivity contribution in [3.05, 3.63) is 113 Å². The van der Waals surface area contributed by atoms with Gasteiger partial charge in [-0.3, -0.25) is 45.4 Å². The fourth-order valence-electron chi connectivity index (χ4n) is 2.71. The number of aromatic nitrogens is 1. The van der Waals surface area contributed by atoms with E-state index in [0.29, 0.717) is 17.7 Å². The van der Waals surface area contributed by atoms with Gasteiger partial charge in [0.2, 0.25) is 0 Å². The Hall–Kier alpha value is -4.05. The number of aromatic hydroxyl groups is 1. The summed E-state index contributed by atoms with van der Waals surface area (Å²) in [4.78, 5) is 42.3. The number of halogens is 2. The largest absolute Gasteiger partial charge is 0.497 e. The Balaban J connectivity index is 0.000000251. The molecule has 1 aromatic heterocycles. The molecule has 0 aliphatic rings. The summed E-state index contributed by atoms with van der Waals surface area (Å²) in [6, 6.07) is 13.2. The van der Waals surface area contributed by atoms with E-state index in [2.05, 4.69) is 36.8 Å². The summed E-state index contributed by atoms with van der Waals surface area (Å²) in [6.45, 7) is 0. The quantitative estimate of drug-likeness (QED) is 0.195. The van der Waals surface area contributed by atoms with Crippen molar-refractivity contribution >= 4 is 54.6 Å². The number of para-hydroxylation sites is 1. The van der Waals surface area contributed by atoms with Crippen molar-refractivity contribution in [1.82, 2.24) is 4.98 Å². The van der Waals surface area contributed by atoms with Crippen LogP contribution in [-0.4, -0.2) is 29.8 Å². The van der Waals surface area contributed by atoms with Gasteiger partial charge in [0.25, 0.3) is 17.1 Å². The van der Waals surface area contributed by atoms with E-state index in [0.717, 1.165) is 5.69 Å². The number of phenols is 1. The standard InChI is InChI=1S/C13H10Br2N2O2.C6H3N3O7/c14-12(13(15)10-6-3-4-8-16-10)9-5-1-2-7-11(9)17(18)19;10-6-4(8(13)14)1-3(7(11)12)2-5(6)9(15)16/h1-8,12-13H;1-2,10H. The van der Waals surface area contributed by atoms with Gasteiger partial charge >= 0.3 is 11.4 Å². The summed E-state index contributed by atoms with van der Waals surface area (Å²) in [7, 11) is 0. The summed E-state index contributed by atoms with van der Waals surface area (Å²) in [6.07, 6.45) is 1.70. The minimum Gasteiger partial charge on any atom is -0.497 e. The second-order valence-corrected chi connectivity index (χ2v) is 8.45. The summed E-state index contributed by atoms with van der Waals surface area (Å²) < 4.78 is 0. The van der Waals surface area contributed by atoms with Gasteiger partial charge in [-0.05, 0) is 12.1 Å². The van der Waals surface area contributed by atoms with Gasteiger partial charge in [0.15, 0.2) is 0 Å². The van der Waals surface area contributed by atoms with Gasteiger partial charge in [0, 0.05) is 17.8 Å². The number of nitro benzene ring substituents is 4. The molecule has 1 heterocycles. The number of phenolic OH excluding ortho intramolecular Hbond substituents is 1. The van der Waals surface area contributed by atoms with Crippen LogP contribution in [0.3, 0.4) is 0 Å². The summed E-state index contributed by atoms with van der Waals surface area (Å²) >= 11 is 7.06. The highest BCUT2D eigenvalue weighted by molar-refractivity contribution is 9.12.